The summed E-state index contributed by atoms with van der Waals surface area (Å²) in [5.41, 5.74) is 12.4. The van der Waals surface area contributed by atoms with E-state index in [1.807, 2.05) is 0 Å². The van der Waals surface area contributed by atoms with E-state index in [9.17, 15) is 0 Å². The van der Waals surface area contributed by atoms with Gasteiger partial charge in [-0.05, 0) is 58.7 Å². The lowest BCUT2D eigenvalue weighted by atomic mass is 10.00. The van der Waals surface area contributed by atoms with Crippen LogP contribution in [0.5, 0.6) is 0 Å². The lowest BCUT2D eigenvalue weighted by Crippen LogP contribution is -1.94. The molecule has 0 aliphatic heterocycles. The smallest absolute Gasteiger partial charge is 0.0620 e. The number of fused-ring (bicyclic) bond motifs is 10. The van der Waals surface area contributed by atoms with Crippen molar-refractivity contribution in [3.63, 3.8) is 0 Å². The fraction of sp³-hybridized carbons (Fsp3) is 0. The number of benzene rings is 7. The summed E-state index contributed by atoms with van der Waals surface area (Å²) in [5.74, 6) is 0. The minimum absolute atomic E-state index is 1.17. The number of hydrogen-bond donors (Lipinski definition) is 0. The molecule has 0 saturated carbocycles. The highest BCUT2D eigenvalue weighted by atomic mass is 15.0. The van der Waals surface area contributed by atoms with Gasteiger partial charge in [0.25, 0.3) is 0 Å². The summed E-state index contributed by atoms with van der Waals surface area (Å²) >= 11 is 0. The van der Waals surface area contributed by atoms with Gasteiger partial charge < -0.3 is 8.97 Å². The van der Waals surface area contributed by atoms with Gasteiger partial charge in [-0.1, -0.05) is 121 Å². The van der Waals surface area contributed by atoms with E-state index in [4.69, 9.17) is 0 Å². The Morgan fingerprint density at radius 3 is 1.73 bits per heavy atom. The Morgan fingerprint density at radius 2 is 0.886 bits per heavy atom. The Bertz CT molecular complexity index is 2690. The van der Waals surface area contributed by atoms with E-state index >= 15 is 0 Å². The van der Waals surface area contributed by atoms with Crippen LogP contribution in [0.25, 0.3) is 87.8 Å². The van der Waals surface area contributed by atoms with Crippen LogP contribution in [0.2, 0.25) is 0 Å². The summed E-state index contributed by atoms with van der Waals surface area (Å²) in [5, 5.41) is 7.87. The van der Waals surface area contributed by atoms with Crippen molar-refractivity contribution in [2.24, 2.45) is 0 Å². The quantitative estimate of drug-likeness (QED) is 0.204. The van der Waals surface area contributed by atoms with Crippen LogP contribution in [0, 0.1) is 0 Å². The van der Waals surface area contributed by atoms with E-state index in [1.165, 1.54) is 87.8 Å². The first kappa shape index (κ1) is 23.7. The Kier molecular flexibility index (Phi) is 4.75. The minimum atomic E-state index is 1.17. The third-order valence-electron chi connectivity index (χ3n) is 9.45. The predicted octanol–water partition coefficient (Wildman–Crippen LogP) is 11.3. The van der Waals surface area contributed by atoms with Crippen molar-refractivity contribution in [3.8, 4) is 27.9 Å². The zero-order chi connectivity index (χ0) is 28.8. The molecular weight excluding hydrogens is 532 g/mol. The minimum Gasteiger partial charge on any atom is -0.309 e. The summed E-state index contributed by atoms with van der Waals surface area (Å²) in [6.07, 6.45) is 0. The number of hydrogen-bond acceptors (Lipinski definition) is 0. The van der Waals surface area contributed by atoms with Gasteiger partial charge in [0.15, 0.2) is 0 Å². The third-order valence-corrected chi connectivity index (χ3v) is 9.45. The highest BCUT2D eigenvalue weighted by Crippen LogP contribution is 2.44. The van der Waals surface area contributed by atoms with E-state index in [-0.39, 0.29) is 0 Å². The maximum Gasteiger partial charge on any atom is 0.0620 e. The van der Waals surface area contributed by atoms with Gasteiger partial charge in [-0.25, -0.2) is 0 Å². The third kappa shape index (κ3) is 3.14. The molecule has 0 aliphatic rings. The molecule has 7 aromatic carbocycles. The molecule has 3 heterocycles. The zero-order valence-electron chi connectivity index (χ0n) is 23.9. The second kappa shape index (κ2) is 8.82. The molecule has 0 N–H and O–H groups in total. The van der Waals surface area contributed by atoms with Crippen LogP contribution in [0.4, 0.5) is 0 Å². The van der Waals surface area contributed by atoms with E-state index in [1.54, 1.807) is 0 Å². The molecule has 2 heteroatoms. The van der Waals surface area contributed by atoms with Gasteiger partial charge in [0.2, 0.25) is 0 Å². The largest absolute Gasteiger partial charge is 0.309 e. The lowest BCUT2D eigenvalue weighted by molar-refractivity contribution is 1.18. The van der Waals surface area contributed by atoms with Crippen LogP contribution in [-0.4, -0.2) is 8.97 Å². The molecule has 0 radical (unpaired) electrons. The van der Waals surface area contributed by atoms with Gasteiger partial charge in [0.1, 0.15) is 0 Å². The summed E-state index contributed by atoms with van der Waals surface area (Å²) in [6.45, 7) is 0. The van der Waals surface area contributed by atoms with E-state index in [2.05, 4.69) is 167 Å². The Balaban J connectivity index is 1.23. The molecule has 2 nitrogen and oxygen atoms in total. The van der Waals surface area contributed by atoms with Gasteiger partial charge in [0, 0.05) is 38.0 Å². The highest BCUT2D eigenvalue weighted by molar-refractivity contribution is 6.32. The molecule has 0 saturated heterocycles. The molecule has 0 bridgehead atoms. The second-order valence-corrected chi connectivity index (χ2v) is 11.8. The number of rotatable bonds is 3. The molecule has 44 heavy (non-hydrogen) atoms. The Labute approximate surface area is 254 Å². The fourth-order valence-corrected chi connectivity index (χ4v) is 7.57. The monoisotopic (exact) mass is 558 g/mol. The average molecular weight is 559 g/mol. The first-order valence-electron chi connectivity index (χ1n) is 15.2. The second-order valence-electron chi connectivity index (χ2n) is 11.8. The van der Waals surface area contributed by atoms with Crippen LogP contribution in [0.15, 0.2) is 158 Å². The molecule has 0 fully saturated rings. The van der Waals surface area contributed by atoms with Crippen molar-refractivity contribution in [1.82, 2.24) is 8.97 Å². The first-order chi connectivity index (χ1) is 21.8. The van der Waals surface area contributed by atoms with Crippen molar-refractivity contribution in [3.05, 3.63) is 158 Å². The van der Waals surface area contributed by atoms with E-state index in [0.29, 0.717) is 0 Å². The van der Waals surface area contributed by atoms with Crippen molar-refractivity contribution in [1.29, 1.82) is 0 Å². The highest BCUT2D eigenvalue weighted by Gasteiger charge is 2.22. The van der Waals surface area contributed by atoms with Crippen LogP contribution in [0.3, 0.4) is 0 Å². The van der Waals surface area contributed by atoms with Gasteiger partial charge >= 0.3 is 0 Å². The SMILES string of the molecule is c1ccc(-c2ccc(-c3cccc(-n4c5ccccc5c5c6c7cccc8c9ccccc9n(c6ccc54)c87)c3)cc2)cc1. The van der Waals surface area contributed by atoms with Crippen molar-refractivity contribution >= 4 is 59.9 Å². The standard InChI is InChI=1S/C42H26N2/c1-2-10-27(11-3-1)28-20-22-29(23-21-28)30-12-8-13-31(26-30)43-37-19-7-5-15-34(37)40-38(43)24-25-39-41(40)35-17-9-16-33-32-14-4-6-18-36(32)44(39)42(33)35/h1-26H. The molecule has 0 spiro atoms. The van der Waals surface area contributed by atoms with Crippen molar-refractivity contribution in [2.75, 3.05) is 0 Å². The normalized spacial score (nSPS) is 12.1. The number of para-hydroxylation sites is 3. The van der Waals surface area contributed by atoms with Gasteiger partial charge in [0.05, 0.1) is 27.6 Å². The Hall–Kier alpha value is -5.86. The van der Waals surface area contributed by atoms with Crippen LogP contribution in [0.1, 0.15) is 0 Å². The number of nitrogens with zero attached hydrogens (tertiary/aromatic N) is 2. The molecule has 10 rings (SSSR count). The molecule has 0 atom stereocenters. The van der Waals surface area contributed by atoms with Gasteiger partial charge in [-0.15, -0.1) is 0 Å². The molecule has 10 aromatic rings. The summed E-state index contributed by atoms with van der Waals surface area (Å²) in [7, 11) is 0. The first-order valence-corrected chi connectivity index (χ1v) is 15.2. The molecule has 0 unspecified atom stereocenters. The summed E-state index contributed by atoms with van der Waals surface area (Å²) in [6, 6.07) is 57.5. The Morgan fingerprint density at radius 1 is 0.318 bits per heavy atom. The molecule has 0 amide bonds. The summed E-state index contributed by atoms with van der Waals surface area (Å²) in [4.78, 5) is 0. The van der Waals surface area contributed by atoms with Crippen LogP contribution < -0.4 is 0 Å². The molecule has 3 aromatic heterocycles. The maximum atomic E-state index is 2.47. The maximum absolute atomic E-state index is 2.47. The zero-order valence-corrected chi connectivity index (χ0v) is 23.9. The topological polar surface area (TPSA) is 9.34 Å². The fourth-order valence-electron chi connectivity index (χ4n) is 7.57. The van der Waals surface area contributed by atoms with Crippen molar-refractivity contribution in [2.45, 2.75) is 0 Å². The molecule has 0 aliphatic carbocycles. The number of aromatic nitrogens is 2. The average Bonchev–Trinajstić information content (AvgIpc) is 3.74. The van der Waals surface area contributed by atoms with Gasteiger partial charge in [-0.3, -0.25) is 0 Å². The van der Waals surface area contributed by atoms with Crippen LogP contribution in [-0.2, 0) is 0 Å². The summed E-state index contributed by atoms with van der Waals surface area (Å²) < 4.78 is 4.92. The lowest BCUT2D eigenvalue weighted by Gasteiger charge is -2.11. The van der Waals surface area contributed by atoms with E-state index in [0.717, 1.165) is 0 Å². The predicted molar refractivity (Wildman–Crippen MR) is 186 cm³/mol. The van der Waals surface area contributed by atoms with Crippen molar-refractivity contribution < 1.29 is 0 Å². The molecule has 204 valence electrons. The van der Waals surface area contributed by atoms with E-state index < -0.39 is 0 Å². The molecular formula is C42H26N2. The van der Waals surface area contributed by atoms with Crippen LogP contribution >= 0.6 is 0 Å². The van der Waals surface area contributed by atoms with Gasteiger partial charge in [-0.2, -0.15) is 0 Å².